The number of unbranched alkanes of at least 4 members (excludes halogenated alkanes) is 3. The lowest BCUT2D eigenvalue weighted by Gasteiger charge is -2.14. The van der Waals surface area contributed by atoms with Gasteiger partial charge in [-0.2, -0.15) is 8.75 Å². The van der Waals surface area contributed by atoms with Crippen LogP contribution in [0, 0.1) is 0 Å². The summed E-state index contributed by atoms with van der Waals surface area (Å²) in [4.78, 5) is 0.217. The molecule has 5 nitrogen and oxygen atoms in total. The first-order chi connectivity index (χ1) is 10.0. The van der Waals surface area contributed by atoms with E-state index in [4.69, 9.17) is 0 Å². The summed E-state index contributed by atoms with van der Waals surface area (Å²) in [7, 11) is -3.54. The van der Waals surface area contributed by atoms with E-state index < -0.39 is 10.0 Å². The number of nitrogens with zero attached hydrogens (tertiary/aromatic N) is 2. The molecule has 1 atom stereocenters. The van der Waals surface area contributed by atoms with Crippen molar-refractivity contribution in [2.45, 2.75) is 56.9 Å². The number of benzene rings is 1. The fraction of sp³-hybridized carbons (Fsp3) is 0.571. The topological polar surface area (TPSA) is 72.0 Å². The Morgan fingerprint density at radius 3 is 2.81 bits per heavy atom. The zero-order valence-electron chi connectivity index (χ0n) is 12.4. The fourth-order valence-corrected chi connectivity index (χ4v) is 4.31. The number of fused-ring (bicyclic) bond motifs is 1. The van der Waals surface area contributed by atoms with E-state index in [9.17, 15) is 8.42 Å². The summed E-state index contributed by atoms with van der Waals surface area (Å²) in [5.41, 5.74) is 1.08. The third-order valence-electron chi connectivity index (χ3n) is 3.39. The van der Waals surface area contributed by atoms with Crippen molar-refractivity contribution in [3.8, 4) is 0 Å². The molecular formula is C14H21N3O2S2. The summed E-state index contributed by atoms with van der Waals surface area (Å²) in [5.74, 6) is 0. The zero-order chi connectivity index (χ0) is 15.3. The number of rotatable bonds is 8. The van der Waals surface area contributed by atoms with Crippen LogP contribution in [-0.2, 0) is 10.0 Å². The van der Waals surface area contributed by atoms with Crippen LogP contribution in [0.3, 0.4) is 0 Å². The van der Waals surface area contributed by atoms with Gasteiger partial charge in [-0.3, -0.25) is 0 Å². The molecule has 2 rings (SSSR count). The number of aromatic nitrogens is 2. The van der Waals surface area contributed by atoms with E-state index in [-0.39, 0.29) is 10.9 Å². The van der Waals surface area contributed by atoms with Gasteiger partial charge in [0.05, 0.1) is 11.7 Å². The first-order valence-corrected chi connectivity index (χ1v) is 9.49. The normalized spacial score (nSPS) is 13.6. The highest BCUT2D eigenvalue weighted by atomic mass is 32.2. The molecule has 0 spiro atoms. The van der Waals surface area contributed by atoms with E-state index in [1.54, 1.807) is 18.2 Å². The third kappa shape index (κ3) is 4.21. The average molecular weight is 327 g/mol. The van der Waals surface area contributed by atoms with Crippen LogP contribution < -0.4 is 4.72 Å². The lowest BCUT2D eigenvalue weighted by molar-refractivity contribution is 0.522. The quantitative estimate of drug-likeness (QED) is 0.755. The SMILES string of the molecule is CCCCCCC(C)NS(=O)(=O)c1cccc2nsnc12. The average Bonchev–Trinajstić information content (AvgIpc) is 2.91. The highest BCUT2D eigenvalue weighted by Crippen LogP contribution is 2.21. The first kappa shape index (κ1) is 16.3. The predicted molar refractivity (Wildman–Crippen MR) is 86.0 cm³/mol. The molecule has 2 aromatic rings. The van der Waals surface area contributed by atoms with Crippen LogP contribution in [0.2, 0.25) is 0 Å². The lowest BCUT2D eigenvalue weighted by Crippen LogP contribution is -2.32. The number of hydrogen-bond donors (Lipinski definition) is 1. The van der Waals surface area contributed by atoms with Gasteiger partial charge in [0.15, 0.2) is 0 Å². The molecule has 1 aromatic heterocycles. The maximum Gasteiger partial charge on any atom is 0.243 e. The van der Waals surface area contributed by atoms with Crippen LogP contribution in [0.4, 0.5) is 0 Å². The second-order valence-electron chi connectivity index (χ2n) is 5.26. The van der Waals surface area contributed by atoms with Gasteiger partial charge in [0.2, 0.25) is 10.0 Å². The van der Waals surface area contributed by atoms with E-state index in [0.717, 1.165) is 31.0 Å². The Balaban J connectivity index is 2.06. The van der Waals surface area contributed by atoms with Crippen molar-refractivity contribution < 1.29 is 8.42 Å². The molecule has 1 N–H and O–H groups in total. The van der Waals surface area contributed by atoms with Gasteiger partial charge in [-0.05, 0) is 25.5 Å². The van der Waals surface area contributed by atoms with Crippen LogP contribution in [0.25, 0.3) is 11.0 Å². The number of nitrogens with one attached hydrogen (secondary N) is 1. The van der Waals surface area contributed by atoms with Gasteiger partial charge in [0.1, 0.15) is 15.9 Å². The van der Waals surface area contributed by atoms with Gasteiger partial charge in [-0.1, -0.05) is 38.7 Å². The standard InChI is InChI=1S/C14H21N3O2S2/c1-3-4-5-6-8-11(2)17-21(18,19)13-10-7-9-12-14(13)16-20-15-12/h7,9-11,17H,3-6,8H2,1-2H3. The van der Waals surface area contributed by atoms with Gasteiger partial charge < -0.3 is 0 Å². The monoisotopic (exact) mass is 327 g/mol. The minimum atomic E-state index is -3.54. The number of sulfonamides is 1. The Labute approximate surface area is 130 Å². The molecule has 7 heteroatoms. The molecule has 116 valence electrons. The van der Waals surface area contributed by atoms with E-state index in [2.05, 4.69) is 20.4 Å². The van der Waals surface area contributed by atoms with Gasteiger partial charge in [0, 0.05) is 6.04 Å². The molecule has 0 saturated carbocycles. The van der Waals surface area contributed by atoms with Crippen molar-refractivity contribution in [1.29, 1.82) is 0 Å². The second kappa shape index (κ2) is 7.29. The molecule has 21 heavy (non-hydrogen) atoms. The minimum Gasteiger partial charge on any atom is -0.208 e. The Bertz CT molecular complexity index is 682. The summed E-state index contributed by atoms with van der Waals surface area (Å²) in [6.45, 7) is 4.07. The molecule has 0 saturated heterocycles. The molecule has 0 bridgehead atoms. The summed E-state index contributed by atoms with van der Waals surface area (Å²) in [5, 5.41) is 0. The van der Waals surface area contributed by atoms with Gasteiger partial charge in [0.25, 0.3) is 0 Å². The van der Waals surface area contributed by atoms with Gasteiger partial charge in [-0.25, -0.2) is 13.1 Å². The molecule has 0 amide bonds. The Kier molecular flexibility index (Phi) is 5.66. The van der Waals surface area contributed by atoms with Crippen molar-refractivity contribution >= 4 is 32.8 Å². The van der Waals surface area contributed by atoms with E-state index in [0.29, 0.717) is 11.0 Å². The van der Waals surface area contributed by atoms with Crippen LogP contribution >= 0.6 is 11.7 Å². The summed E-state index contributed by atoms with van der Waals surface area (Å²) < 4.78 is 35.8. The molecule has 1 unspecified atom stereocenters. The summed E-state index contributed by atoms with van der Waals surface area (Å²) >= 11 is 1.03. The molecule has 0 fully saturated rings. The third-order valence-corrected chi connectivity index (χ3v) is 5.55. The van der Waals surface area contributed by atoms with Crippen molar-refractivity contribution in [1.82, 2.24) is 13.5 Å². The van der Waals surface area contributed by atoms with Crippen LogP contribution in [-0.4, -0.2) is 23.2 Å². The van der Waals surface area contributed by atoms with Crippen LogP contribution in [0.5, 0.6) is 0 Å². The van der Waals surface area contributed by atoms with Crippen molar-refractivity contribution in [3.05, 3.63) is 18.2 Å². The Morgan fingerprint density at radius 1 is 1.24 bits per heavy atom. The molecule has 0 aliphatic heterocycles. The van der Waals surface area contributed by atoms with E-state index >= 15 is 0 Å². The van der Waals surface area contributed by atoms with Crippen molar-refractivity contribution in [2.75, 3.05) is 0 Å². The molecule has 1 aromatic carbocycles. The molecule has 0 radical (unpaired) electrons. The summed E-state index contributed by atoms with van der Waals surface area (Å²) in [6.07, 6.45) is 5.42. The van der Waals surface area contributed by atoms with E-state index in [1.165, 1.54) is 12.8 Å². The lowest BCUT2D eigenvalue weighted by atomic mass is 10.1. The Morgan fingerprint density at radius 2 is 2.05 bits per heavy atom. The fourth-order valence-electron chi connectivity index (χ4n) is 2.26. The van der Waals surface area contributed by atoms with Gasteiger partial charge in [-0.15, -0.1) is 0 Å². The maximum absolute atomic E-state index is 12.5. The molecule has 1 heterocycles. The van der Waals surface area contributed by atoms with Crippen molar-refractivity contribution in [2.24, 2.45) is 0 Å². The highest BCUT2D eigenvalue weighted by molar-refractivity contribution is 7.89. The maximum atomic E-state index is 12.5. The largest absolute Gasteiger partial charge is 0.243 e. The zero-order valence-corrected chi connectivity index (χ0v) is 14.0. The second-order valence-corrected chi connectivity index (χ2v) is 7.47. The highest BCUT2D eigenvalue weighted by Gasteiger charge is 2.21. The Hall–Kier alpha value is -1.05. The molecule has 0 aliphatic rings. The first-order valence-electron chi connectivity index (χ1n) is 7.28. The van der Waals surface area contributed by atoms with Gasteiger partial charge >= 0.3 is 0 Å². The predicted octanol–water partition coefficient (Wildman–Crippen LogP) is 3.33. The summed E-state index contributed by atoms with van der Waals surface area (Å²) in [6, 6.07) is 4.97. The smallest absolute Gasteiger partial charge is 0.208 e. The van der Waals surface area contributed by atoms with Crippen molar-refractivity contribution in [3.63, 3.8) is 0 Å². The minimum absolute atomic E-state index is 0.0753. The molecular weight excluding hydrogens is 306 g/mol. The number of hydrogen-bond acceptors (Lipinski definition) is 5. The molecule has 0 aliphatic carbocycles. The van der Waals surface area contributed by atoms with E-state index in [1.807, 2.05) is 6.92 Å². The van der Waals surface area contributed by atoms with Crippen LogP contribution in [0.15, 0.2) is 23.1 Å². The van der Waals surface area contributed by atoms with Crippen LogP contribution in [0.1, 0.15) is 46.0 Å².